The molecule has 0 aromatic rings. The highest BCUT2D eigenvalue weighted by Crippen LogP contribution is 2.24. The molecule has 0 aromatic heterocycles. The summed E-state index contributed by atoms with van der Waals surface area (Å²) in [4.78, 5) is 0. The van der Waals surface area contributed by atoms with Crippen molar-refractivity contribution in [2.75, 3.05) is 0 Å². The predicted molar refractivity (Wildman–Crippen MR) is 75.4 cm³/mol. The average molecular weight is 256 g/mol. The minimum atomic E-state index is -1.12. The van der Waals surface area contributed by atoms with Crippen LogP contribution in [0.4, 0.5) is 0 Å². The van der Waals surface area contributed by atoms with Gasteiger partial charge < -0.3 is 15.3 Å². The fourth-order valence-electron chi connectivity index (χ4n) is 1.66. The van der Waals surface area contributed by atoms with Gasteiger partial charge >= 0.3 is 0 Å². The van der Waals surface area contributed by atoms with Gasteiger partial charge in [0.1, 0.15) is 0 Å². The monoisotopic (exact) mass is 256 g/mol. The van der Waals surface area contributed by atoms with E-state index >= 15 is 0 Å². The van der Waals surface area contributed by atoms with Crippen molar-refractivity contribution < 1.29 is 15.3 Å². The zero-order valence-electron chi connectivity index (χ0n) is 12.1. The summed E-state index contributed by atoms with van der Waals surface area (Å²) < 4.78 is 0. The maximum absolute atomic E-state index is 10.2. The van der Waals surface area contributed by atoms with Crippen molar-refractivity contribution in [2.45, 2.75) is 70.7 Å². The van der Waals surface area contributed by atoms with Gasteiger partial charge in [0.25, 0.3) is 0 Å². The molecule has 0 fully saturated rings. The first-order valence-electron chi connectivity index (χ1n) is 6.50. The predicted octanol–water partition coefficient (Wildman–Crippen LogP) is 2.56. The Hall–Kier alpha value is -0.640. The highest BCUT2D eigenvalue weighted by atomic mass is 16.3. The van der Waals surface area contributed by atoms with Crippen molar-refractivity contribution in [1.29, 1.82) is 0 Å². The fraction of sp³-hybridized carbons (Fsp3) is 0.733. The van der Waals surface area contributed by atoms with Crippen LogP contribution >= 0.6 is 0 Å². The van der Waals surface area contributed by atoms with Crippen molar-refractivity contribution in [1.82, 2.24) is 0 Å². The molecule has 0 unspecified atom stereocenters. The zero-order valence-corrected chi connectivity index (χ0v) is 12.1. The van der Waals surface area contributed by atoms with E-state index in [9.17, 15) is 15.3 Å². The van der Waals surface area contributed by atoms with E-state index in [-0.39, 0.29) is 0 Å². The van der Waals surface area contributed by atoms with Crippen LogP contribution < -0.4 is 0 Å². The molecule has 106 valence electrons. The Labute approximate surface area is 111 Å². The van der Waals surface area contributed by atoms with Crippen molar-refractivity contribution >= 4 is 0 Å². The van der Waals surface area contributed by atoms with Crippen LogP contribution in [0, 0.1) is 0 Å². The molecule has 3 N–H and O–H groups in total. The van der Waals surface area contributed by atoms with Crippen LogP contribution in [-0.4, -0.2) is 32.6 Å². The van der Waals surface area contributed by atoms with Crippen molar-refractivity contribution in [3.63, 3.8) is 0 Å². The molecule has 0 aromatic carbocycles. The Bertz CT molecular complexity index is 286. The third-order valence-electron chi connectivity index (χ3n) is 3.28. The molecular formula is C15H28O3. The highest BCUT2D eigenvalue weighted by Gasteiger charge is 2.30. The summed E-state index contributed by atoms with van der Waals surface area (Å²) >= 11 is 0. The van der Waals surface area contributed by atoms with Gasteiger partial charge in [-0.3, -0.25) is 0 Å². The molecule has 3 nitrogen and oxygen atoms in total. The van der Waals surface area contributed by atoms with Crippen LogP contribution in [0.1, 0.15) is 53.4 Å². The van der Waals surface area contributed by atoms with Crippen LogP contribution in [0.25, 0.3) is 0 Å². The van der Waals surface area contributed by atoms with E-state index in [1.165, 1.54) is 11.6 Å². The fourth-order valence-corrected chi connectivity index (χ4v) is 1.66. The summed E-state index contributed by atoms with van der Waals surface area (Å²) in [6.07, 6.45) is 4.64. The maximum atomic E-state index is 10.2. The first kappa shape index (κ1) is 17.4. The summed E-state index contributed by atoms with van der Waals surface area (Å²) in [6, 6.07) is 0. The number of allylic oxidation sites excluding steroid dienone is 2. The molecule has 3 atom stereocenters. The van der Waals surface area contributed by atoms with Gasteiger partial charge in [-0.1, -0.05) is 17.7 Å². The van der Waals surface area contributed by atoms with Crippen molar-refractivity contribution in [2.24, 2.45) is 0 Å². The first-order chi connectivity index (χ1) is 8.10. The van der Waals surface area contributed by atoms with Gasteiger partial charge in [-0.2, -0.15) is 0 Å². The Morgan fingerprint density at radius 3 is 2.22 bits per heavy atom. The lowest BCUT2D eigenvalue weighted by Crippen LogP contribution is -2.40. The maximum Gasteiger partial charge on any atom is 0.0880 e. The van der Waals surface area contributed by atoms with Gasteiger partial charge in [-0.15, -0.1) is 6.58 Å². The molecule has 0 aliphatic rings. The van der Waals surface area contributed by atoms with Crippen LogP contribution in [0.15, 0.2) is 24.3 Å². The Morgan fingerprint density at radius 1 is 1.22 bits per heavy atom. The second-order valence-corrected chi connectivity index (χ2v) is 5.79. The third-order valence-corrected chi connectivity index (χ3v) is 3.28. The summed E-state index contributed by atoms with van der Waals surface area (Å²) in [5.74, 6) is 0. The van der Waals surface area contributed by atoms with Gasteiger partial charge in [0, 0.05) is 0 Å². The molecular weight excluding hydrogens is 228 g/mol. The molecule has 0 bridgehead atoms. The molecule has 0 aliphatic carbocycles. The quantitative estimate of drug-likeness (QED) is 0.585. The molecule has 0 spiro atoms. The third kappa shape index (κ3) is 6.94. The molecule has 3 heteroatoms. The first-order valence-corrected chi connectivity index (χ1v) is 6.50. The molecule has 0 rings (SSSR count). The van der Waals surface area contributed by atoms with Crippen LogP contribution in [-0.2, 0) is 0 Å². The number of aliphatic hydroxyl groups excluding tert-OH is 1. The number of rotatable bonds is 8. The molecule has 0 saturated heterocycles. The van der Waals surface area contributed by atoms with Gasteiger partial charge in [-0.25, -0.2) is 0 Å². The minimum Gasteiger partial charge on any atom is -0.390 e. The van der Waals surface area contributed by atoms with E-state index in [1.807, 2.05) is 19.9 Å². The van der Waals surface area contributed by atoms with Crippen molar-refractivity contribution in [3.05, 3.63) is 24.3 Å². The summed E-state index contributed by atoms with van der Waals surface area (Å²) in [6.45, 7) is 10.8. The minimum absolute atomic E-state index is 0.348. The lowest BCUT2D eigenvalue weighted by molar-refractivity contribution is -0.0759. The van der Waals surface area contributed by atoms with E-state index < -0.39 is 17.3 Å². The number of hydrogen-bond donors (Lipinski definition) is 3. The van der Waals surface area contributed by atoms with Gasteiger partial charge in [0.05, 0.1) is 17.3 Å². The lowest BCUT2D eigenvalue weighted by Gasteiger charge is -2.30. The second kappa shape index (κ2) is 7.07. The largest absolute Gasteiger partial charge is 0.390 e. The van der Waals surface area contributed by atoms with Crippen LogP contribution in [0.3, 0.4) is 0 Å². The van der Waals surface area contributed by atoms with E-state index in [0.29, 0.717) is 19.3 Å². The number of aliphatic hydroxyl groups is 3. The standard InChI is InChI=1S/C15H28O3/c1-6-14(4,17)11-9-13(16)15(5,18)10-7-8-12(2)3/h6,8,13,16-18H,1,7,9-11H2,2-5H3/t13-,14-,15-/m1/s1. The Morgan fingerprint density at radius 2 is 1.78 bits per heavy atom. The summed E-state index contributed by atoms with van der Waals surface area (Å²) in [5, 5.41) is 29.9. The Kier molecular flexibility index (Phi) is 6.82. The van der Waals surface area contributed by atoms with E-state index in [1.54, 1.807) is 13.8 Å². The Balaban J connectivity index is 4.25. The molecule has 0 amide bonds. The van der Waals surface area contributed by atoms with E-state index in [4.69, 9.17) is 0 Å². The lowest BCUT2D eigenvalue weighted by atomic mass is 9.87. The SMILES string of the molecule is C=C[C@@](C)(O)CC[C@@H](O)[C@](C)(O)CCC=C(C)C. The van der Waals surface area contributed by atoms with Gasteiger partial charge in [-0.05, 0) is 53.4 Å². The topological polar surface area (TPSA) is 60.7 Å². The van der Waals surface area contributed by atoms with Crippen molar-refractivity contribution in [3.8, 4) is 0 Å². The molecule has 18 heavy (non-hydrogen) atoms. The molecule has 0 aliphatic heterocycles. The van der Waals surface area contributed by atoms with Gasteiger partial charge in [0.15, 0.2) is 0 Å². The second-order valence-electron chi connectivity index (χ2n) is 5.79. The highest BCUT2D eigenvalue weighted by molar-refractivity contribution is 4.96. The van der Waals surface area contributed by atoms with Crippen LogP contribution in [0.2, 0.25) is 0 Å². The summed E-state index contributed by atoms with van der Waals surface area (Å²) in [5.41, 5.74) is -0.907. The van der Waals surface area contributed by atoms with E-state index in [0.717, 1.165) is 6.42 Å². The smallest absolute Gasteiger partial charge is 0.0880 e. The van der Waals surface area contributed by atoms with Gasteiger partial charge in [0.2, 0.25) is 0 Å². The van der Waals surface area contributed by atoms with E-state index in [2.05, 4.69) is 6.58 Å². The molecule has 0 heterocycles. The molecule has 0 radical (unpaired) electrons. The average Bonchev–Trinajstić information content (AvgIpc) is 2.25. The van der Waals surface area contributed by atoms with Crippen LogP contribution in [0.5, 0.6) is 0 Å². The normalized spacial score (nSPS) is 19.5. The molecule has 0 saturated carbocycles. The zero-order chi connectivity index (χ0) is 14.4. The summed E-state index contributed by atoms with van der Waals surface area (Å²) in [7, 11) is 0. The number of hydrogen-bond acceptors (Lipinski definition) is 3.